The van der Waals surface area contributed by atoms with Gasteiger partial charge in [0.05, 0.1) is 0 Å². The molecule has 4 nitrogen and oxygen atoms in total. The lowest BCUT2D eigenvalue weighted by Crippen LogP contribution is -2.31. The van der Waals surface area contributed by atoms with Gasteiger partial charge in [-0.05, 0) is 62.1 Å². The molecule has 0 saturated heterocycles. The van der Waals surface area contributed by atoms with E-state index in [1.54, 1.807) is 24.3 Å². The fourth-order valence-electron chi connectivity index (χ4n) is 2.71. The number of aryl methyl sites for hydroxylation is 3. The molecule has 0 fully saturated rings. The smallest absolute Gasteiger partial charge is 0.251 e. The van der Waals surface area contributed by atoms with Crippen LogP contribution < -0.4 is 10.6 Å². The van der Waals surface area contributed by atoms with Gasteiger partial charge in [-0.2, -0.15) is 0 Å². The van der Waals surface area contributed by atoms with Crippen molar-refractivity contribution >= 4 is 23.4 Å². The lowest BCUT2D eigenvalue weighted by atomic mass is 10.0. The molecule has 0 spiro atoms. The van der Waals surface area contributed by atoms with Gasteiger partial charge in [0.1, 0.15) is 0 Å². The zero-order valence-electron chi connectivity index (χ0n) is 15.3. The van der Waals surface area contributed by atoms with E-state index in [1.165, 1.54) is 16.7 Å². The Balaban J connectivity index is 1.61. The van der Waals surface area contributed by atoms with E-state index < -0.39 is 0 Å². The van der Waals surface area contributed by atoms with E-state index in [0.29, 0.717) is 23.7 Å². The first-order valence-electron chi connectivity index (χ1n) is 8.82. The minimum atomic E-state index is -0.204. The van der Waals surface area contributed by atoms with Gasteiger partial charge in [-0.3, -0.25) is 9.59 Å². The van der Waals surface area contributed by atoms with Crippen LogP contribution in [0.4, 0.5) is 0 Å². The fraction of sp³-hybridized carbons (Fsp3) is 0.333. The van der Waals surface area contributed by atoms with Crippen LogP contribution in [0.25, 0.3) is 0 Å². The van der Waals surface area contributed by atoms with Crippen molar-refractivity contribution in [2.75, 3.05) is 13.1 Å². The summed E-state index contributed by atoms with van der Waals surface area (Å²) >= 11 is 5.79. The van der Waals surface area contributed by atoms with Gasteiger partial charge in [0.2, 0.25) is 5.91 Å². The molecule has 2 N–H and O–H groups in total. The molecule has 0 aromatic heterocycles. The lowest BCUT2D eigenvalue weighted by Gasteiger charge is -2.09. The molecule has 0 aliphatic rings. The first-order chi connectivity index (χ1) is 12.5. The standard InChI is InChI=1S/C21H25ClN2O2/c1-15-5-6-17(16(2)14-15)4-3-12-23-20(25)11-13-24-21(26)18-7-9-19(22)10-8-18/h5-10,14H,3-4,11-13H2,1-2H3,(H,23,25)(H,24,26). The highest BCUT2D eigenvalue weighted by Crippen LogP contribution is 2.12. The van der Waals surface area contributed by atoms with Gasteiger partial charge in [0.25, 0.3) is 5.91 Å². The second kappa shape index (κ2) is 9.97. The minimum absolute atomic E-state index is 0.0537. The van der Waals surface area contributed by atoms with Crippen molar-refractivity contribution in [3.8, 4) is 0 Å². The summed E-state index contributed by atoms with van der Waals surface area (Å²) in [6.45, 7) is 5.15. The Morgan fingerprint density at radius 1 is 0.962 bits per heavy atom. The highest BCUT2D eigenvalue weighted by molar-refractivity contribution is 6.30. The summed E-state index contributed by atoms with van der Waals surface area (Å²) in [6.07, 6.45) is 2.11. The molecule has 0 aliphatic heterocycles. The number of amides is 2. The van der Waals surface area contributed by atoms with Gasteiger partial charge in [-0.1, -0.05) is 35.4 Å². The third-order valence-corrected chi connectivity index (χ3v) is 4.44. The predicted octanol–water partition coefficient (Wildman–Crippen LogP) is 3.83. The highest BCUT2D eigenvalue weighted by atomic mass is 35.5. The van der Waals surface area contributed by atoms with Gasteiger partial charge in [-0.25, -0.2) is 0 Å². The molecule has 0 heterocycles. The Morgan fingerprint density at radius 2 is 1.69 bits per heavy atom. The van der Waals surface area contributed by atoms with Crippen LogP contribution in [0.2, 0.25) is 5.02 Å². The first-order valence-corrected chi connectivity index (χ1v) is 9.20. The van der Waals surface area contributed by atoms with E-state index in [4.69, 9.17) is 11.6 Å². The maximum atomic E-state index is 11.9. The van der Waals surface area contributed by atoms with Gasteiger partial charge < -0.3 is 10.6 Å². The van der Waals surface area contributed by atoms with Crippen LogP contribution in [0, 0.1) is 13.8 Å². The number of hydrogen-bond acceptors (Lipinski definition) is 2. The van der Waals surface area contributed by atoms with Crippen molar-refractivity contribution in [3.63, 3.8) is 0 Å². The minimum Gasteiger partial charge on any atom is -0.356 e. The van der Waals surface area contributed by atoms with E-state index in [1.807, 2.05) is 0 Å². The van der Waals surface area contributed by atoms with Gasteiger partial charge in [-0.15, -0.1) is 0 Å². The maximum Gasteiger partial charge on any atom is 0.251 e. The van der Waals surface area contributed by atoms with Crippen LogP contribution in [0.1, 0.15) is 39.9 Å². The first kappa shape index (κ1) is 20.0. The van der Waals surface area contributed by atoms with Gasteiger partial charge >= 0.3 is 0 Å². The number of halogens is 1. The van der Waals surface area contributed by atoms with Crippen molar-refractivity contribution in [2.24, 2.45) is 0 Å². The zero-order valence-corrected chi connectivity index (χ0v) is 16.0. The molecule has 5 heteroatoms. The molecule has 0 radical (unpaired) electrons. The second-order valence-electron chi connectivity index (χ2n) is 6.40. The van der Waals surface area contributed by atoms with Crippen molar-refractivity contribution in [1.82, 2.24) is 10.6 Å². The number of nitrogens with one attached hydrogen (secondary N) is 2. The maximum absolute atomic E-state index is 11.9. The van der Waals surface area contributed by atoms with Crippen molar-refractivity contribution in [3.05, 3.63) is 69.7 Å². The molecule has 0 unspecified atom stereocenters. The Morgan fingerprint density at radius 3 is 2.38 bits per heavy atom. The Bertz CT molecular complexity index is 757. The lowest BCUT2D eigenvalue weighted by molar-refractivity contribution is -0.120. The molecule has 2 aromatic carbocycles. The summed E-state index contributed by atoms with van der Waals surface area (Å²) in [7, 11) is 0. The monoisotopic (exact) mass is 372 g/mol. The molecule has 2 amide bonds. The molecule has 26 heavy (non-hydrogen) atoms. The van der Waals surface area contributed by atoms with E-state index in [9.17, 15) is 9.59 Å². The van der Waals surface area contributed by atoms with Crippen LogP contribution in [0.3, 0.4) is 0 Å². The van der Waals surface area contributed by atoms with Crippen molar-refractivity contribution in [2.45, 2.75) is 33.1 Å². The normalized spacial score (nSPS) is 10.4. The molecule has 2 aromatic rings. The molecular weight excluding hydrogens is 348 g/mol. The molecule has 0 saturated carbocycles. The van der Waals surface area contributed by atoms with Gasteiger partial charge in [0.15, 0.2) is 0 Å². The van der Waals surface area contributed by atoms with Crippen LogP contribution in [0.5, 0.6) is 0 Å². The van der Waals surface area contributed by atoms with Crippen molar-refractivity contribution < 1.29 is 9.59 Å². The summed E-state index contributed by atoms with van der Waals surface area (Å²) < 4.78 is 0. The van der Waals surface area contributed by atoms with Crippen LogP contribution in [0.15, 0.2) is 42.5 Å². The van der Waals surface area contributed by atoms with E-state index in [-0.39, 0.29) is 18.2 Å². The quantitative estimate of drug-likeness (QED) is 0.692. The molecule has 138 valence electrons. The number of rotatable bonds is 8. The molecule has 0 bridgehead atoms. The number of carbonyl (C=O) groups is 2. The third-order valence-electron chi connectivity index (χ3n) is 4.19. The van der Waals surface area contributed by atoms with Crippen molar-refractivity contribution in [1.29, 1.82) is 0 Å². The summed E-state index contributed by atoms with van der Waals surface area (Å²) in [5.74, 6) is -0.258. The van der Waals surface area contributed by atoms with E-state index in [0.717, 1.165) is 12.8 Å². The summed E-state index contributed by atoms with van der Waals surface area (Å²) in [5, 5.41) is 6.22. The Labute approximate surface area is 159 Å². The number of benzene rings is 2. The second-order valence-corrected chi connectivity index (χ2v) is 6.83. The van der Waals surface area contributed by atoms with E-state index in [2.05, 4.69) is 42.7 Å². The third kappa shape index (κ3) is 6.52. The number of carbonyl (C=O) groups excluding carboxylic acids is 2. The summed E-state index contributed by atoms with van der Waals surface area (Å²) in [6, 6.07) is 13.1. The topological polar surface area (TPSA) is 58.2 Å². The van der Waals surface area contributed by atoms with Crippen LogP contribution >= 0.6 is 11.6 Å². The van der Waals surface area contributed by atoms with Crippen LogP contribution in [-0.4, -0.2) is 24.9 Å². The van der Waals surface area contributed by atoms with Crippen LogP contribution in [-0.2, 0) is 11.2 Å². The van der Waals surface area contributed by atoms with E-state index >= 15 is 0 Å². The largest absolute Gasteiger partial charge is 0.356 e. The average Bonchev–Trinajstić information content (AvgIpc) is 2.60. The zero-order chi connectivity index (χ0) is 18.9. The molecular formula is C21H25ClN2O2. The summed E-state index contributed by atoms with van der Waals surface area (Å²) in [5.41, 5.74) is 4.41. The highest BCUT2D eigenvalue weighted by Gasteiger charge is 2.06. The summed E-state index contributed by atoms with van der Waals surface area (Å²) in [4.78, 5) is 23.8. The SMILES string of the molecule is Cc1ccc(CCCNC(=O)CCNC(=O)c2ccc(Cl)cc2)c(C)c1. The predicted molar refractivity (Wildman–Crippen MR) is 106 cm³/mol. The molecule has 2 rings (SSSR count). The molecule has 0 atom stereocenters. The average molecular weight is 373 g/mol. The number of hydrogen-bond donors (Lipinski definition) is 2. The Hall–Kier alpha value is -2.33. The Kier molecular flexibility index (Phi) is 7.67. The fourth-order valence-corrected chi connectivity index (χ4v) is 2.84. The van der Waals surface area contributed by atoms with Gasteiger partial charge in [0, 0.05) is 30.1 Å². The molecule has 0 aliphatic carbocycles.